The number of nitrogens with two attached hydrogens (primary N) is 1. The molecule has 2 rings (SSSR count). The van der Waals surface area contributed by atoms with E-state index < -0.39 is 9.84 Å². The van der Waals surface area contributed by atoms with Gasteiger partial charge in [-0.05, 0) is 24.3 Å². The number of methoxy groups -OCH3 is 1. The van der Waals surface area contributed by atoms with Crippen molar-refractivity contribution >= 4 is 15.5 Å². The van der Waals surface area contributed by atoms with Crippen molar-refractivity contribution in [1.82, 2.24) is 0 Å². The summed E-state index contributed by atoms with van der Waals surface area (Å²) in [6.45, 7) is 0. The Morgan fingerprint density at radius 1 is 1.06 bits per heavy atom. The molecule has 0 fully saturated rings. The van der Waals surface area contributed by atoms with E-state index in [1.165, 1.54) is 31.4 Å². The van der Waals surface area contributed by atoms with Gasteiger partial charge in [0.05, 0.1) is 22.6 Å². The van der Waals surface area contributed by atoms with Gasteiger partial charge in [-0.1, -0.05) is 18.2 Å². The zero-order chi connectivity index (χ0) is 13.2. The molecule has 0 aliphatic rings. The maximum atomic E-state index is 12.4. The van der Waals surface area contributed by atoms with E-state index in [4.69, 9.17) is 10.5 Å². The molecule has 5 heteroatoms. The Bertz CT molecular complexity index is 651. The molecule has 2 aromatic carbocycles. The van der Waals surface area contributed by atoms with Crippen molar-refractivity contribution in [3.05, 3.63) is 48.5 Å². The molecular weight excluding hydrogens is 250 g/mol. The lowest BCUT2D eigenvalue weighted by Crippen LogP contribution is -2.05. The van der Waals surface area contributed by atoms with Crippen molar-refractivity contribution in [2.24, 2.45) is 0 Å². The van der Waals surface area contributed by atoms with E-state index in [0.29, 0.717) is 5.75 Å². The average Bonchev–Trinajstić information content (AvgIpc) is 2.40. The van der Waals surface area contributed by atoms with Crippen LogP contribution in [0.25, 0.3) is 0 Å². The first-order chi connectivity index (χ1) is 8.55. The van der Waals surface area contributed by atoms with Gasteiger partial charge in [-0.25, -0.2) is 8.42 Å². The molecule has 94 valence electrons. The molecule has 0 aliphatic heterocycles. The Morgan fingerprint density at radius 2 is 1.72 bits per heavy atom. The topological polar surface area (TPSA) is 69.4 Å². The van der Waals surface area contributed by atoms with Crippen LogP contribution in [0, 0.1) is 0 Å². The highest BCUT2D eigenvalue weighted by Gasteiger charge is 2.20. The number of nitrogen functional groups attached to an aromatic ring is 1. The molecule has 0 heterocycles. The number of hydrogen-bond acceptors (Lipinski definition) is 4. The predicted molar refractivity (Wildman–Crippen MR) is 69.3 cm³/mol. The van der Waals surface area contributed by atoms with Gasteiger partial charge in [-0.3, -0.25) is 0 Å². The summed E-state index contributed by atoms with van der Waals surface area (Å²) in [4.78, 5) is 0.276. The van der Waals surface area contributed by atoms with Crippen LogP contribution in [0.5, 0.6) is 5.75 Å². The van der Waals surface area contributed by atoms with Crippen LogP contribution in [-0.4, -0.2) is 15.5 Å². The minimum absolute atomic E-state index is 0.0630. The monoisotopic (exact) mass is 263 g/mol. The molecule has 0 amide bonds. The van der Waals surface area contributed by atoms with Crippen LogP contribution in [0.15, 0.2) is 58.3 Å². The lowest BCUT2D eigenvalue weighted by molar-refractivity contribution is 0.413. The molecule has 0 saturated heterocycles. The van der Waals surface area contributed by atoms with Gasteiger partial charge in [0, 0.05) is 6.07 Å². The number of hydrogen-bond donors (Lipinski definition) is 1. The number of ether oxygens (including phenoxy) is 1. The minimum atomic E-state index is -3.61. The largest absolute Gasteiger partial charge is 0.497 e. The lowest BCUT2D eigenvalue weighted by Gasteiger charge is -2.09. The van der Waals surface area contributed by atoms with Crippen molar-refractivity contribution < 1.29 is 13.2 Å². The van der Waals surface area contributed by atoms with E-state index in [9.17, 15) is 8.42 Å². The minimum Gasteiger partial charge on any atom is -0.497 e. The predicted octanol–water partition coefficient (Wildman–Crippen LogP) is 2.11. The molecule has 0 spiro atoms. The Kier molecular flexibility index (Phi) is 3.25. The van der Waals surface area contributed by atoms with E-state index in [1.807, 2.05) is 0 Å². The first kappa shape index (κ1) is 12.4. The third-order valence-electron chi connectivity index (χ3n) is 2.56. The Hall–Kier alpha value is -2.01. The van der Waals surface area contributed by atoms with E-state index in [-0.39, 0.29) is 15.5 Å². The molecule has 18 heavy (non-hydrogen) atoms. The highest BCUT2D eigenvalue weighted by molar-refractivity contribution is 7.91. The van der Waals surface area contributed by atoms with Crippen molar-refractivity contribution in [3.63, 3.8) is 0 Å². The maximum absolute atomic E-state index is 12.4. The van der Waals surface area contributed by atoms with E-state index >= 15 is 0 Å². The van der Waals surface area contributed by atoms with Gasteiger partial charge in [0.25, 0.3) is 0 Å². The summed E-state index contributed by atoms with van der Waals surface area (Å²) in [5.74, 6) is 0.457. The van der Waals surface area contributed by atoms with Gasteiger partial charge >= 0.3 is 0 Å². The standard InChI is InChI=1S/C13H13NO3S/c1-17-10-7-8-12(14)13(9-10)18(15,16)11-5-3-2-4-6-11/h2-9H,14H2,1H3. The van der Waals surface area contributed by atoms with Crippen molar-refractivity contribution in [2.45, 2.75) is 9.79 Å². The summed E-state index contributed by atoms with van der Waals surface area (Å²) in [5, 5.41) is 0. The van der Waals surface area contributed by atoms with Gasteiger partial charge in [0.15, 0.2) is 0 Å². The quantitative estimate of drug-likeness (QED) is 0.861. The molecule has 0 aliphatic carbocycles. The second-order valence-electron chi connectivity index (χ2n) is 3.72. The second kappa shape index (κ2) is 4.70. The van der Waals surface area contributed by atoms with Gasteiger partial charge in [0.2, 0.25) is 9.84 Å². The van der Waals surface area contributed by atoms with Crippen LogP contribution in [0.4, 0.5) is 5.69 Å². The van der Waals surface area contributed by atoms with Crippen LogP contribution in [0.1, 0.15) is 0 Å². The average molecular weight is 263 g/mol. The summed E-state index contributed by atoms with van der Waals surface area (Å²) < 4.78 is 29.8. The van der Waals surface area contributed by atoms with Crippen molar-refractivity contribution in [3.8, 4) is 5.75 Å². The lowest BCUT2D eigenvalue weighted by atomic mass is 10.3. The van der Waals surface area contributed by atoms with E-state index in [1.54, 1.807) is 24.3 Å². The Labute approximate surface area is 106 Å². The van der Waals surface area contributed by atoms with Crippen LogP contribution in [0.2, 0.25) is 0 Å². The number of anilines is 1. The summed E-state index contributed by atoms with van der Waals surface area (Å²) in [7, 11) is -2.13. The molecule has 0 unspecified atom stereocenters. The first-order valence-corrected chi connectivity index (χ1v) is 6.77. The molecule has 4 nitrogen and oxygen atoms in total. The zero-order valence-electron chi connectivity index (χ0n) is 9.83. The molecule has 2 aromatic rings. The van der Waals surface area contributed by atoms with Crippen LogP contribution in [-0.2, 0) is 9.84 Å². The zero-order valence-corrected chi connectivity index (χ0v) is 10.6. The van der Waals surface area contributed by atoms with Crippen molar-refractivity contribution in [1.29, 1.82) is 0 Å². The Balaban J connectivity index is 2.61. The van der Waals surface area contributed by atoms with Crippen LogP contribution >= 0.6 is 0 Å². The fourth-order valence-electron chi connectivity index (χ4n) is 1.60. The molecule has 0 atom stereocenters. The van der Waals surface area contributed by atoms with Crippen LogP contribution in [0.3, 0.4) is 0 Å². The molecular formula is C13H13NO3S. The molecule has 0 radical (unpaired) electrons. The van der Waals surface area contributed by atoms with Gasteiger partial charge < -0.3 is 10.5 Å². The Morgan fingerprint density at radius 3 is 2.33 bits per heavy atom. The number of rotatable bonds is 3. The maximum Gasteiger partial charge on any atom is 0.208 e. The third kappa shape index (κ3) is 2.17. The summed E-state index contributed by atoms with van der Waals surface area (Å²) in [6.07, 6.45) is 0. The van der Waals surface area contributed by atoms with Gasteiger partial charge in [-0.15, -0.1) is 0 Å². The molecule has 0 aromatic heterocycles. The molecule has 0 saturated carbocycles. The fraction of sp³-hybridized carbons (Fsp3) is 0.0769. The number of benzene rings is 2. The SMILES string of the molecule is COc1ccc(N)c(S(=O)(=O)c2ccccc2)c1. The normalized spacial score (nSPS) is 11.2. The first-order valence-electron chi connectivity index (χ1n) is 5.29. The highest BCUT2D eigenvalue weighted by atomic mass is 32.2. The van der Waals surface area contributed by atoms with Gasteiger partial charge in [-0.2, -0.15) is 0 Å². The summed E-state index contributed by atoms with van der Waals surface area (Å²) >= 11 is 0. The third-order valence-corrected chi connectivity index (χ3v) is 4.39. The highest BCUT2D eigenvalue weighted by Crippen LogP contribution is 2.29. The molecule has 2 N–H and O–H groups in total. The van der Waals surface area contributed by atoms with Crippen molar-refractivity contribution in [2.75, 3.05) is 12.8 Å². The molecule has 0 bridgehead atoms. The van der Waals surface area contributed by atoms with E-state index in [2.05, 4.69) is 0 Å². The summed E-state index contributed by atoms with van der Waals surface area (Å²) in [5.41, 5.74) is 5.94. The smallest absolute Gasteiger partial charge is 0.208 e. The fourth-order valence-corrected chi connectivity index (χ4v) is 3.02. The number of sulfone groups is 1. The van der Waals surface area contributed by atoms with Crippen LogP contribution < -0.4 is 10.5 Å². The van der Waals surface area contributed by atoms with E-state index in [0.717, 1.165) is 0 Å². The summed E-state index contributed by atoms with van der Waals surface area (Å²) in [6, 6.07) is 12.7. The second-order valence-corrected chi connectivity index (χ2v) is 5.64. The van der Waals surface area contributed by atoms with Gasteiger partial charge in [0.1, 0.15) is 5.75 Å².